The number of carbonyl (C=O) groups excluding carboxylic acids is 3. The van der Waals surface area contributed by atoms with Crippen LogP contribution >= 0.6 is 0 Å². The van der Waals surface area contributed by atoms with E-state index in [1.807, 2.05) is 12.2 Å². The summed E-state index contributed by atoms with van der Waals surface area (Å²) >= 11 is 0. The van der Waals surface area contributed by atoms with Crippen LogP contribution in [-0.2, 0) is 4.79 Å². The van der Waals surface area contributed by atoms with E-state index in [0.717, 1.165) is 0 Å². The molecule has 2 aliphatic rings. The van der Waals surface area contributed by atoms with Crippen LogP contribution in [0.15, 0.2) is 48.8 Å². The number of ether oxygens (including phenoxy) is 1. The molecular weight excluding hydrogens is 410 g/mol. The van der Waals surface area contributed by atoms with E-state index in [-0.39, 0.29) is 24.3 Å². The third-order valence-electron chi connectivity index (χ3n) is 6.02. The molecule has 2 aromatic rings. The highest BCUT2D eigenvalue weighted by molar-refractivity contribution is 5.97. The summed E-state index contributed by atoms with van der Waals surface area (Å²) in [6, 6.07) is 7.05. The third-order valence-corrected chi connectivity index (χ3v) is 6.02. The number of amides is 3. The molecule has 32 heavy (non-hydrogen) atoms. The molecule has 3 N–H and O–H groups in total. The topological polar surface area (TPSA) is 116 Å². The van der Waals surface area contributed by atoms with Crippen LogP contribution in [-0.4, -0.2) is 65.4 Å². The number of benzene rings is 1. The minimum atomic E-state index is -0.609. The highest BCUT2D eigenvalue weighted by atomic mass is 16.5. The lowest BCUT2D eigenvalue weighted by Crippen LogP contribution is -2.50. The summed E-state index contributed by atoms with van der Waals surface area (Å²) in [6.45, 7) is 1.89. The van der Waals surface area contributed by atoms with Gasteiger partial charge in [0.25, 0.3) is 11.8 Å². The molecular formula is C23H27N5O4. The average molecular weight is 438 g/mol. The maximum Gasteiger partial charge on any atom is 0.289 e. The van der Waals surface area contributed by atoms with Gasteiger partial charge in [-0.15, -0.1) is 0 Å². The first kappa shape index (κ1) is 21.6. The normalized spacial score (nSPS) is 20.3. The highest BCUT2D eigenvalue weighted by Gasteiger charge is 2.41. The van der Waals surface area contributed by atoms with Gasteiger partial charge in [-0.2, -0.15) is 0 Å². The van der Waals surface area contributed by atoms with Gasteiger partial charge in [0.1, 0.15) is 12.4 Å². The van der Waals surface area contributed by atoms with Gasteiger partial charge in [-0.05, 0) is 31.4 Å². The number of nitrogens with zero attached hydrogens (tertiary/aromatic N) is 2. The van der Waals surface area contributed by atoms with Crippen molar-refractivity contribution in [3.63, 3.8) is 0 Å². The number of carbonyl (C=O) groups is 3. The Hall–Kier alpha value is -3.62. The number of rotatable bonds is 1. The third kappa shape index (κ3) is 4.66. The molecule has 4 rings (SSSR count). The van der Waals surface area contributed by atoms with Crippen LogP contribution in [0, 0.1) is 5.41 Å². The van der Waals surface area contributed by atoms with E-state index >= 15 is 0 Å². The van der Waals surface area contributed by atoms with Crippen LogP contribution in [0.25, 0.3) is 0 Å². The van der Waals surface area contributed by atoms with Gasteiger partial charge in [-0.25, -0.2) is 4.98 Å². The fraction of sp³-hybridized carbons (Fsp3) is 0.391. The maximum absolute atomic E-state index is 13.2. The van der Waals surface area contributed by atoms with E-state index in [9.17, 15) is 14.4 Å². The monoisotopic (exact) mass is 437 g/mol. The number of likely N-dealkylation sites (tertiary alicyclic amines) is 1. The summed E-state index contributed by atoms with van der Waals surface area (Å²) in [5, 5.41) is 5.85. The Kier molecular flexibility index (Phi) is 6.53. The molecule has 0 bridgehead atoms. The number of aromatic amines is 1. The van der Waals surface area contributed by atoms with Gasteiger partial charge in [0.05, 0.1) is 17.5 Å². The molecule has 1 spiro atoms. The molecule has 3 amide bonds. The number of hydrogen-bond acceptors (Lipinski definition) is 5. The summed E-state index contributed by atoms with van der Waals surface area (Å²) in [4.78, 5) is 46.8. The van der Waals surface area contributed by atoms with Crippen LogP contribution in [0.3, 0.4) is 0 Å². The van der Waals surface area contributed by atoms with Crippen LogP contribution in [0.2, 0.25) is 0 Å². The Balaban J connectivity index is 1.45. The van der Waals surface area contributed by atoms with Gasteiger partial charge in [-0.1, -0.05) is 24.3 Å². The second-order valence-electron chi connectivity index (χ2n) is 8.00. The van der Waals surface area contributed by atoms with Crippen molar-refractivity contribution in [2.45, 2.75) is 19.3 Å². The van der Waals surface area contributed by atoms with Crippen molar-refractivity contribution < 1.29 is 19.1 Å². The predicted molar refractivity (Wildman–Crippen MR) is 117 cm³/mol. The van der Waals surface area contributed by atoms with Crippen molar-refractivity contribution in [2.24, 2.45) is 5.41 Å². The fourth-order valence-electron chi connectivity index (χ4n) is 4.13. The molecule has 168 valence electrons. The zero-order valence-electron chi connectivity index (χ0n) is 17.8. The molecule has 9 heteroatoms. The SMILES string of the molecule is O=C1NC/C=C/CC2(CCN(C(=O)c3ncc[nH]3)CC2)C(=O)NCCOc2ccccc21. The van der Waals surface area contributed by atoms with Gasteiger partial charge >= 0.3 is 0 Å². The molecule has 1 saturated heterocycles. The van der Waals surface area contributed by atoms with E-state index in [1.54, 1.807) is 41.6 Å². The number of imidazole rings is 1. The summed E-state index contributed by atoms with van der Waals surface area (Å²) < 4.78 is 5.76. The smallest absolute Gasteiger partial charge is 0.289 e. The molecule has 1 aromatic heterocycles. The predicted octanol–water partition coefficient (Wildman–Crippen LogP) is 1.52. The lowest BCUT2D eigenvalue weighted by atomic mass is 9.74. The number of nitrogens with one attached hydrogen (secondary N) is 3. The first-order chi connectivity index (χ1) is 15.6. The zero-order valence-corrected chi connectivity index (χ0v) is 17.8. The summed E-state index contributed by atoms with van der Waals surface area (Å²) in [6.07, 6.45) is 8.61. The molecule has 0 atom stereocenters. The van der Waals surface area contributed by atoms with Crippen molar-refractivity contribution in [3.8, 4) is 5.75 Å². The lowest BCUT2D eigenvalue weighted by molar-refractivity contribution is -0.133. The second-order valence-corrected chi connectivity index (χ2v) is 8.00. The lowest BCUT2D eigenvalue weighted by Gasteiger charge is -2.40. The van der Waals surface area contributed by atoms with Crippen molar-refractivity contribution >= 4 is 17.7 Å². The first-order valence-corrected chi connectivity index (χ1v) is 10.8. The van der Waals surface area contributed by atoms with E-state index in [1.165, 1.54) is 0 Å². The van der Waals surface area contributed by atoms with Crippen LogP contribution in [0.5, 0.6) is 5.75 Å². The number of fused-ring (bicyclic) bond motifs is 1. The van der Waals surface area contributed by atoms with E-state index in [2.05, 4.69) is 20.6 Å². The summed E-state index contributed by atoms with van der Waals surface area (Å²) in [5.41, 5.74) is -0.142. The fourth-order valence-corrected chi connectivity index (χ4v) is 4.13. The van der Waals surface area contributed by atoms with Gasteiger partial charge in [0, 0.05) is 32.0 Å². The quantitative estimate of drug-likeness (QED) is 0.585. The number of aromatic nitrogens is 2. The minimum Gasteiger partial charge on any atom is -0.491 e. The Bertz CT molecular complexity index is 994. The largest absolute Gasteiger partial charge is 0.491 e. The van der Waals surface area contributed by atoms with E-state index in [4.69, 9.17) is 4.74 Å². The molecule has 0 unspecified atom stereocenters. The highest BCUT2D eigenvalue weighted by Crippen LogP contribution is 2.36. The molecule has 0 radical (unpaired) electrons. The standard InChI is InChI=1S/C23H27N5O4/c29-20-17-5-1-2-6-18(17)32-16-13-27-22(31)23(7-3-4-10-26-20)8-14-28(15-9-23)21(30)19-24-11-12-25-19/h1-6,11-12H,7-10,13-16H2,(H,24,25)(H,26,29)(H,27,31)/b4-3+. The first-order valence-electron chi connectivity index (χ1n) is 10.8. The number of hydrogen-bond donors (Lipinski definition) is 3. The number of H-pyrrole nitrogens is 1. The molecule has 3 heterocycles. The van der Waals surface area contributed by atoms with Crippen molar-refractivity contribution in [2.75, 3.05) is 32.8 Å². The number of para-hydroxylation sites is 1. The van der Waals surface area contributed by atoms with Crippen LogP contribution in [0.1, 0.15) is 40.2 Å². The Morgan fingerprint density at radius 3 is 2.69 bits per heavy atom. The number of piperidine rings is 1. The molecule has 0 aliphatic carbocycles. The molecule has 1 aromatic carbocycles. The summed E-state index contributed by atoms with van der Waals surface area (Å²) in [7, 11) is 0. The van der Waals surface area contributed by atoms with E-state index in [0.29, 0.717) is 62.6 Å². The Labute approximate surface area is 186 Å². The minimum absolute atomic E-state index is 0.0368. The second kappa shape index (κ2) is 9.67. The Morgan fingerprint density at radius 2 is 1.91 bits per heavy atom. The summed E-state index contributed by atoms with van der Waals surface area (Å²) in [5.74, 6) is 0.400. The van der Waals surface area contributed by atoms with Gasteiger partial charge < -0.3 is 25.3 Å². The van der Waals surface area contributed by atoms with Crippen LogP contribution < -0.4 is 15.4 Å². The van der Waals surface area contributed by atoms with Crippen LogP contribution in [0.4, 0.5) is 0 Å². The van der Waals surface area contributed by atoms with Crippen molar-refractivity contribution in [1.82, 2.24) is 25.5 Å². The zero-order chi connectivity index (χ0) is 22.4. The maximum atomic E-state index is 13.2. The molecule has 9 nitrogen and oxygen atoms in total. The Morgan fingerprint density at radius 1 is 1.09 bits per heavy atom. The van der Waals surface area contributed by atoms with Gasteiger partial charge in [0.15, 0.2) is 5.82 Å². The molecule has 1 fully saturated rings. The average Bonchev–Trinajstić information content (AvgIpc) is 3.36. The molecule has 2 aliphatic heterocycles. The molecule has 0 saturated carbocycles. The van der Waals surface area contributed by atoms with Crippen molar-refractivity contribution in [3.05, 3.63) is 60.2 Å². The van der Waals surface area contributed by atoms with Gasteiger partial charge in [0.2, 0.25) is 5.91 Å². The van der Waals surface area contributed by atoms with Gasteiger partial charge in [-0.3, -0.25) is 14.4 Å². The van der Waals surface area contributed by atoms with Crippen molar-refractivity contribution in [1.29, 1.82) is 0 Å². The van der Waals surface area contributed by atoms with E-state index < -0.39 is 5.41 Å². The number of allylic oxidation sites excluding steroid dienone is 1.